The van der Waals surface area contributed by atoms with Crippen molar-refractivity contribution in [2.24, 2.45) is 0 Å². The summed E-state index contributed by atoms with van der Waals surface area (Å²) in [4.78, 5) is 12.2. The third-order valence-electron chi connectivity index (χ3n) is 3.14. The van der Waals surface area contributed by atoms with E-state index >= 15 is 0 Å². The maximum absolute atomic E-state index is 13.5. The van der Waals surface area contributed by atoms with Crippen molar-refractivity contribution in [2.75, 3.05) is 7.11 Å². The third kappa shape index (κ3) is 2.36. The summed E-state index contributed by atoms with van der Waals surface area (Å²) in [5, 5.41) is 0. The summed E-state index contributed by atoms with van der Waals surface area (Å²) < 4.78 is 32.2. The van der Waals surface area contributed by atoms with Crippen molar-refractivity contribution < 1.29 is 18.3 Å². The number of hydrogen-bond acceptors (Lipinski definition) is 2. The average Bonchev–Trinajstić information content (AvgIpc) is 2.32. The SMILES string of the molecule is CCC(CC)(OC)C(=O)c1c(F)cccc1F. The molecule has 17 heavy (non-hydrogen) atoms. The second-order valence-corrected chi connectivity index (χ2v) is 3.83. The van der Waals surface area contributed by atoms with Gasteiger partial charge in [0.05, 0.1) is 5.56 Å². The van der Waals surface area contributed by atoms with E-state index < -0.39 is 28.6 Å². The maximum atomic E-state index is 13.5. The van der Waals surface area contributed by atoms with E-state index in [2.05, 4.69) is 0 Å². The lowest BCUT2D eigenvalue weighted by Crippen LogP contribution is -2.40. The fourth-order valence-corrected chi connectivity index (χ4v) is 1.90. The smallest absolute Gasteiger partial charge is 0.200 e. The van der Waals surface area contributed by atoms with E-state index in [9.17, 15) is 13.6 Å². The molecule has 0 unspecified atom stereocenters. The molecule has 0 heterocycles. The number of ketones is 1. The maximum Gasteiger partial charge on any atom is 0.200 e. The number of halogens is 2. The van der Waals surface area contributed by atoms with Gasteiger partial charge in [-0.25, -0.2) is 8.78 Å². The highest BCUT2D eigenvalue weighted by atomic mass is 19.1. The first kappa shape index (κ1) is 13.8. The van der Waals surface area contributed by atoms with E-state index in [4.69, 9.17) is 4.74 Å². The van der Waals surface area contributed by atoms with Gasteiger partial charge in [-0.1, -0.05) is 19.9 Å². The standard InChI is InChI=1S/C13H16F2O2/c1-4-13(5-2,17-3)12(16)11-9(14)7-6-8-10(11)15/h6-8H,4-5H2,1-3H3. The lowest BCUT2D eigenvalue weighted by Gasteiger charge is -2.28. The van der Waals surface area contributed by atoms with Crippen LogP contribution in [0.2, 0.25) is 0 Å². The molecule has 0 bridgehead atoms. The van der Waals surface area contributed by atoms with Crippen molar-refractivity contribution >= 4 is 5.78 Å². The minimum atomic E-state index is -1.15. The first-order chi connectivity index (χ1) is 8.02. The zero-order chi connectivity index (χ0) is 13.1. The molecule has 1 rings (SSSR count). The zero-order valence-corrected chi connectivity index (χ0v) is 10.2. The van der Waals surface area contributed by atoms with E-state index in [-0.39, 0.29) is 0 Å². The number of hydrogen-bond donors (Lipinski definition) is 0. The molecule has 0 N–H and O–H groups in total. The van der Waals surface area contributed by atoms with Crippen LogP contribution in [0.15, 0.2) is 18.2 Å². The predicted octanol–water partition coefficient (Wildman–Crippen LogP) is 3.35. The molecule has 0 saturated carbocycles. The minimum absolute atomic E-state index is 0.368. The highest BCUT2D eigenvalue weighted by Gasteiger charge is 2.38. The molecule has 0 radical (unpaired) electrons. The molecular formula is C13H16F2O2. The molecule has 0 aliphatic carbocycles. The van der Waals surface area contributed by atoms with E-state index in [1.54, 1.807) is 13.8 Å². The molecule has 0 aliphatic heterocycles. The Bertz CT molecular complexity index is 383. The normalized spacial score (nSPS) is 11.6. The Morgan fingerprint density at radius 1 is 1.24 bits per heavy atom. The van der Waals surface area contributed by atoms with Crippen molar-refractivity contribution in [3.8, 4) is 0 Å². The fraction of sp³-hybridized carbons (Fsp3) is 0.462. The summed E-state index contributed by atoms with van der Waals surface area (Å²) in [6.45, 7) is 3.51. The summed E-state index contributed by atoms with van der Waals surface area (Å²) >= 11 is 0. The molecular weight excluding hydrogens is 226 g/mol. The molecule has 0 amide bonds. The summed E-state index contributed by atoms with van der Waals surface area (Å²) in [6.07, 6.45) is 0.735. The molecule has 94 valence electrons. The topological polar surface area (TPSA) is 26.3 Å². The summed E-state index contributed by atoms with van der Waals surface area (Å²) in [6, 6.07) is 3.37. The van der Waals surface area contributed by atoms with Crippen LogP contribution in [0.1, 0.15) is 37.0 Å². The van der Waals surface area contributed by atoms with Gasteiger partial charge in [0.15, 0.2) is 5.78 Å². The van der Waals surface area contributed by atoms with E-state index in [1.807, 2.05) is 0 Å². The minimum Gasteiger partial charge on any atom is -0.370 e. The van der Waals surface area contributed by atoms with Crippen LogP contribution in [0.5, 0.6) is 0 Å². The monoisotopic (exact) mass is 242 g/mol. The van der Waals surface area contributed by atoms with Gasteiger partial charge in [-0.15, -0.1) is 0 Å². The van der Waals surface area contributed by atoms with Crippen LogP contribution in [0.4, 0.5) is 8.78 Å². The Morgan fingerprint density at radius 2 is 1.71 bits per heavy atom. The summed E-state index contributed by atoms with van der Waals surface area (Å²) in [7, 11) is 1.38. The Balaban J connectivity index is 3.28. The molecule has 0 spiro atoms. The van der Waals surface area contributed by atoms with Crippen LogP contribution in [0.3, 0.4) is 0 Å². The van der Waals surface area contributed by atoms with Gasteiger partial charge in [-0.05, 0) is 25.0 Å². The molecule has 4 heteroatoms. The highest BCUT2D eigenvalue weighted by Crippen LogP contribution is 2.27. The van der Waals surface area contributed by atoms with Crippen LogP contribution >= 0.6 is 0 Å². The molecule has 0 aliphatic rings. The second-order valence-electron chi connectivity index (χ2n) is 3.83. The van der Waals surface area contributed by atoms with Crippen molar-refractivity contribution in [2.45, 2.75) is 32.3 Å². The quantitative estimate of drug-likeness (QED) is 0.740. The van der Waals surface area contributed by atoms with Crippen LogP contribution < -0.4 is 0 Å². The largest absolute Gasteiger partial charge is 0.370 e. The van der Waals surface area contributed by atoms with Gasteiger partial charge in [-0.2, -0.15) is 0 Å². The van der Waals surface area contributed by atoms with Crippen LogP contribution in [0.25, 0.3) is 0 Å². The number of methoxy groups -OCH3 is 1. The third-order valence-corrected chi connectivity index (χ3v) is 3.14. The number of benzene rings is 1. The van der Waals surface area contributed by atoms with Crippen molar-refractivity contribution in [1.29, 1.82) is 0 Å². The van der Waals surface area contributed by atoms with Crippen molar-refractivity contribution in [3.63, 3.8) is 0 Å². The van der Waals surface area contributed by atoms with E-state index in [0.717, 1.165) is 12.1 Å². The Hall–Kier alpha value is -1.29. The van der Waals surface area contributed by atoms with Crippen molar-refractivity contribution in [1.82, 2.24) is 0 Å². The average molecular weight is 242 g/mol. The van der Waals surface area contributed by atoms with E-state index in [0.29, 0.717) is 12.8 Å². The molecule has 0 fully saturated rings. The van der Waals surface area contributed by atoms with Crippen LogP contribution in [0, 0.1) is 11.6 Å². The highest BCUT2D eigenvalue weighted by molar-refractivity contribution is 6.02. The fourth-order valence-electron chi connectivity index (χ4n) is 1.90. The van der Waals surface area contributed by atoms with Gasteiger partial charge < -0.3 is 4.74 Å². The van der Waals surface area contributed by atoms with Gasteiger partial charge in [0, 0.05) is 7.11 Å². The van der Waals surface area contributed by atoms with Gasteiger partial charge in [0.2, 0.25) is 0 Å². The first-order valence-corrected chi connectivity index (χ1v) is 5.56. The predicted molar refractivity (Wildman–Crippen MR) is 61.0 cm³/mol. The lowest BCUT2D eigenvalue weighted by molar-refractivity contribution is -0.00326. The van der Waals surface area contributed by atoms with Crippen LogP contribution in [-0.4, -0.2) is 18.5 Å². The number of carbonyl (C=O) groups is 1. The van der Waals surface area contributed by atoms with Gasteiger partial charge >= 0.3 is 0 Å². The van der Waals surface area contributed by atoms with Crippen molar-refractivity contribution in [3.05, 3.63) is 35.4 Å². The molecule has 1 aromatic rings. The first-order valence-electron chi connectivity index (χ1n) is 5.56. The van der Waals surface area contributed by atoms with Gasteiger partial charge in [0.25, 0.3) is 0 Å². The Kier molecular flexibility index (Phi) is 4.34. The lowest BCUT2D eigenvalue weighted by atomic mass is 9.87. The Labute approximate surface area is 99.6 Å². The molecule has 0 atom stereocenters. The Morgan fingerprint density at radius 3 is 2.06 bits per heavy atom. The number of rotatable bonds is 5. The molecule has 1 aromatic carbocycles. The summed E-state index contributed by atoms with van der Waals surface area (Å²) in [5.41, 5.74) is -1.67. The second kappa shape index (κ2) is 5.36. The van der Waals surface area contributed by atoms with Gasteiger partial charge in [-0.3, -0.25) is 4.79 Å². The number of ether oxygens (including phenoxy) is 1. The van der Waals surface area contributed by atoms with E-state index in [1.165, 1.54) is 13.2 Å². The number of Topliss-reactive ketones (excluding diaryl/α,β-unsaturated/α-hetero) is 1. The number of carbonyl (C=O) groups excluding carboxylic acids is 1. The molecule has 0 saturated heterocycles. The summed E-state index contributed by atoms with van der Waals surface area (Å²) in [5.74, 6) is -2.34. The van der Waals surface area contributed by atoms with Gasteiger partial charge in [0.1, 0.15) is 17.2 Å². The zero-order valence-electron chi connectivity index (χ0n) is 10.2. The molecule has 2 nitrogen and oxygen atoms in total. The van der Waals surface area contributed by atoms with Crippen LogP contribution in [-0.2, 0) is 4.74 Å². The molecule has 0 aromatic heterocycles.